The molecule has 1 aromatic heterocycles. The molecule has 2 rings (SSSR count). The Hall–Kier alpha value is -1.69. The first-order chi connectivity index (χ1) is 9.11. The summed E-state index contributed by atoms with van der Waals surface area (Å²) >= 11 is 0. The van der Waals surface area contributed by atoms with Crippen LogP contribution >= 0.6 is 0 Å². The van der Waals surface area contributed by atoms with E-state index in [0.29, 0.717) is 30.1 Å². The fourth-order valence-corrected chi connectivity index (χ4v) is 1.89. The highest BCUT2D eigenvalue weighted by molar-refractivity contribution is 5.92. The van der Waals surface area contributed by atoms with E-state index in [1.807, 2.05) is 0 Å². The summed E-state index contributed by atoms with van der Waals surface area (Å²) in [7, 11) is 3.87. The summed E-state index contributed by atoms with van der Waals surface area (Å²) in [4.78, 5) is 22.4. The summed E-state index contributed by atoms with van der Waals surface area (Å²) in [6.45, 7) is 2.75. The summed E-state index contributed by atoms with van der Waals surface area (Å²) in [6, 6.07) is 1.03. The van der Waals surface area contributed by atoms with Crippen LogP contribution in [-0.2, 0) is 0 Å². The minimum atomic E-state index is -0.175. The number of hydrogen-bond acceptors (Lipinski definition) is 5. The number of rotatable bonds is 6. The Labute approximate surface area is 113 Å². The van der Waals surface area contributed by atoms with Gasteiger partial charge in [-0.25, -0.2) is 9.97 Å². The highest BCUT2D eigenvalue weighted by Gasteiger charge is 2.29. The highest BCUT2D eigenvalue weighted by atomic mass is 16.1. The summed E-state index contributed by atoms with van der Waals surface area (Å²) in [5.41, 5.74) is 0.347. The molecule has 2 N–H and O–H groups in total. The van der Waals surface area contributed by atoms with Crippen LogP contribution in [0.25, 0.3) is 0 Å². The van der Waals surface area contributed by atoms with Crippen molar-refractivity contribution in [1.82, 2.24) is 20.2 Å². The summed E-state index contributed by atoms with van der Waals surface area (Å²) < 4.78 is 0. The fourth-order valence-electron chi connectivity index (χ4n) is 1.89. The number of likely N-dealkylation sites (N-methyl/N-ethyl adjacent to an activating group) is 1. The van der Waals surface area contributed by atoms with Crippen molar-refractivity contribution in [3.05, 3.63) is 18.1 Å². The molecule has 1 atom stereocenters. The van der Waals surface area contributed by atoms with Crippen LogP contribution in [0.2, 0.25) is 0 Å². The van der Waals surface area contributed by atoms with Crippen molar-refractivity contribution in [3.8, 4) is 0 Å². The Bertz CT molecular complexity index is 429. The zero-order valence-corrected chi connectivity index (χ0v) is 11.7. The predicted molar refractivity (Wildman–Crippen MR) is 74.2 cm³/mol. The maximum Gasteiger partial charge on any atom is 0.271 e. The van der Waals surface area contributed by atoms with E-state index in [2.05, 4.69) is 39.5 Å². The first kappa shape index (κ1) is 13.7. The van der Waals surface area contributed by atoms with Crippen molar-refractivity contribution in [1.29, 1.82) is 0 Å². The van der Waals surface area contributed by atoms with E-state index in [4.69, 9.17) is 0 Å². The Balaban J connectivity index is 1.82. The predicted octanol–water partition coefficient (Wildman–Crippen LogP) is 0.731. The smallest absolute Gasteiger partial charge is 0.271 e. The Morgan fingerprint density at radius 2 is 2.21 bits per heavy atom. The zero-order valence-electron chi connectivity index (χ0n) is 11.7. The Morgan fingerprint density at radius 1 is 1.47 bits per heavy atom. The van der Waals surface area contributed by atoms with Gasteiger partial charge in [0.2, 0.25) is 0 Å². The lowest BCUT2D eigenvalue weighted by Crippen LogP contribution is -2.41. The lowest BCUT2D eigenvalue weighted by Gasteiger charge is -2.24. The van der Waals surface area contributed by atoms with Crippen molar-refractivity contribution < 1.29 is 4.79 Å². The first-order valence-electron chi connectivity index (χ1n) is 6.61. The molecule has 0 aliphatic heterocycles. The molecule has 1 heterocycles. The summed E-state index contributed by atoms with van der Waals surface area (Å²) in [6.07, 6.45) is 5.57. The van der Waals surface area contributed by atoms with Crippen LogP contribution in [0.3, 0.4) is 0 Å². The van der Waals surface area contributed by atoms with Crippen molar-refractivity contribution in [2.24, 2.45) is 0 Å². The van der Waals surface area contributed by atoms with Gasteiger partial charge < -0.3 is 10.6 Å². The van der Waals surface area contributed by atoms with Crippen LogP contribution < -0.4 is 10.6 Å². The molecule has 1 fully saturated rings. The van der Waals surface area contributed by atoms with E-state index in [9.17, 15) is 4.79 Å². The molecule has 0 aromatic carbocycles. The largest absolute Gasteiger partial charge is 0.372 e. The lowest BCUT2D eigenvalue weighted by molar-refractivity contribution is 0.0934. The average Bonchev–Trinajstić information content (AvgIpc) is 3.28. The van der Waals surface area contributed by atoms with E-state index < -0.39 is 0 Å². The molecule has 0 saturated heterocycles. The van der Waals surface area contributed by atoms with Gasteiger partial charge in [-0.3, -0.25) is 9.69 Å². The number of carbonyl (C=O) groups excluding carboxylic acids is 1. The van der Waals surface area contributed by atoms with Crippen LogP contribution in [0.5, 0.6) is 0 Å². The molecule has 0 bridgehead atoms. The highest BCUT2D eigenvalue weighted by Crippen LogP contribution is 2.26. The number of aromatic nitrogens is 2. The van der Waals surface area contributed by atoms with E-state index in [-0.39, 0.29) is 5.91 Å². The fraction of sp³-hybridized carbons (Fsp3) is 0.615. The van der Waals surface area contributed by atoms with E-state index in [1.54, 1.807) is 13.2 Å². The number of carbonyl (C=O) groups is 1. The molecule has 6 heteroatoms. The molecule has 104 valence electrons. The molecule has 1 aliphatic carbocycles. The van der Waals surface area contributed by atoms with Gasteiger partial charge in [0.1, 0.15) is 11.5 Å². The third kappa shape index (κ3) is 3.64. The minimum absolute atomic E-state index is 0.175. The maximum atomic E-state index is 11.9. The van der Waals surface area contributed by atoms with Gasteiger partial charge in [-0.05, 0) is 26.8 Å². The van der Waals surface area contributed by atoms with Crippen molar-refractivity contribution >= 4 is 11.7 Å². The second kappa shape index (κ2) is 5.97. The van der Waals surface area contributed by atoms with Gasteiger partial charge in [0, 0.05) is 25.7 Å². The standard InChI is InChI=1S/C13H21N5O/c1-9(18(3)10-4-5-10)6-17-13(19)11-7-16-12(14-2)8-15-11/h7-10H,4-6H2,1-3H3,(H,14,16)(H,17,19). The molecule has 0 spiro atoms. The quantitative estimate of drug-likeness (QED) is 0.792. The van der Waals surface area contributed by atoms with Crippen LogP contribution in [0, 0.1) is 0 Å². The van der Waals surface area contributed by atoms with Gasteiger partial charge in [0.25, 0.3) is 5.91 Å². The van der Waals surface area contributed by atoms with Gasteiger partial charge in [0.05, 0.1) is 12.4 Å². The minimum Gasteiger partial charge on any atom is -0.372 e. The second-order valence-electron chi connectivity index (χ2n) is 4.99. The normalized spacial score (nSPS) is 16.2. The molecule has 1 aliphatic rings. The molecule has 1 saturated carbocycles. The van der Waals surface area contributed by atoms with Gasteiger partial charge >= 0.3 is 0 Å². The summed E-state index contributed by atoms with van der Waals surface area (Å²) in [5, 5.41) is 5.76. The first-order valence-corrected chi connectivity index (χ1v) is 6.61. The topological polar surface area (TPSA) is 70.2 Å². The van der Waals surface area contributed by atoms with Crippen LogP contribution in [0.15, 0.2) is 12.4 Å². The van der Waals surface area contributed by atoms with Crippen LogP contribution in [-0.4, -0.2) is 53.5 Å². The zero-order chi connectivity index (χ0) is 13.8. The van der Waals surface area contributed by atoms with Crippen molar-refractivity contribution in [2.75, 3.05) is 26.0 Å². The van der Waals surface area contributed by atoms with Gasteiger partial charge in [-0.15, -0.1) is 0 Å². The monoisotopic (exact) mass is 263 g/mol. The molecule has 0 radical (unpaired) electrons. The van der Waals surface area contributed by atoms with E-state index in [0.717, 1.165) is 0 Å². The number of anilines is 1. The third-order valence-corrected chi connectivity index (χ3v) is 3.52. The number of amides is 1. The number of hydrogen-bond donors (Lipinski definition) is 2. The number of nitrogens with one attached hydrogen (secondary N) is 2. The summed E-state index contributed by atoms with van der Waals surface area (Å²) in [5.74, 6) is 0.476. The second-order valence-corrected chi connectivity index (χ2v) is 4.99. The average molecular weight is 263 g/mol. The van der Waals surface area contributed by atoms with Crippen molar-refractivity contribution in [3.63, 3.8) is 0 Å². The molecule has 19 heavy (non-hydrogen) atoms. The molecule has 1 aromatic rings. The third-order valence-electron chi connectivity index (χ3n) is 3.52. The molecule has 1 amide bonds. The van der Waals surface area contributed by atoms with Crippen LogP contribution in [0.4, 0.5) is 5.82 Å². The Kier molecular flexibility index (Phi) is 4.31. The van der Waals surface area contributed by atoms with Gasteiger partial charge in [-0.1, -0.05) is 0 Å². The van der Waals surface area contributed by atoms with E-state index in [1.165, 1.54) is 19.0 Å². The van der Waals surface area contributed by atoms with Gasteiger partial charge in [0.15, 0.2) is 0 Å². The SMILES string of the molecule is CNc1cnc(C(=O)NCC(C)N(C)C2CC2)cn1. The van der Waals surface area contributed by atoms with Gasteiger partial charge in [-0.2, -0.15) is 0 Å². The molecule has 6 nitrogen and oxygen atoms in total. The number of nitrogens with zero attached hydrogens (tertiary/aromatic N) is 3. The van der Waals surface area contributed by atoms with Crippen molar-refractivity contribution in [2.45, 2.75) is 31.8 Å². The molecular formula is C13H21N5O. The van der Waals surface area contributed by atoms with E-state index >= 15 is 0 Å². The molecule has 1 unspecified atom stereocenters. The molecular weight excluding hydrogens is 242 g/mol. The maximum absolute atomic E-state index is 11.9. The van der Waals surface area contributed by atoms with Crippen LogP contribution in [0.1, 0.15) is 30.3 Å². The lowest BCUT2D eigenvalue weighted by atomic mass is 10.3. The Morgan fingerprint density at radius 3 is 2.74 bits per heavy atom.